The van der Waals surface area contributed by atoms with Crippen LogP contribution in [0.15, 0.2) is 182 Å². The fraction of sp³-hybridized carbons (Fsp3) is 0. The van der Waals surface area contributed by atoms with E-state index in [0.717, 1.165) is 55.7 Å². The molecular formula is C46H30N4. The summed E-state index contributed by atoms with van der Waals surface area (Å²) in [5.74, 6) is 0.696. The van der Waals surface area contributed by atoms with E-state index >= 15 is 0 Å². The first-order chi connectivity index (χ1) is 24.8. The Kier molecular flexibility index (Phi) is 6.46. The Morgan fingerprint density at radius 3 is 1.96 bits per heavy atom. The lowest BCUT2D eigenvalue weighted by atomic mass is 9.95. The van der Waals surface area contributed by atoms with Gasteiger partial charge in [-0.2, -0.15) is 0 Å². The molecule has 7 aromatic carbocycles. The van der Waals surface area contributed by atoms with Crippen molar-refractivity contribution in [2.45, 2.75) is 0 Å². The van der Waals surface area contributed by atoms with Gasteiger partial charge in [0, 0.05) is 50.2 Å². The summed E-state index contributed by atoms with van der Waals surface area (Å²) in [5.41, 5.74) is 11.9. The number of aromatic nitrogens is 4. The average Bonchev–Trinajstić information content (AvgIpc) is 3.78. The van der Waals surface area contributed by atoms with E-state index < -0.39 is 0 Å². The summed E-state index contributed by atoms with van der Waals surface area (Å²) in [7, 11) is 0. The largest absolute Gasteiger partial charge is 0.315 e. The van der Waals surface area contributed by atoms with Gasteiger partial charge < -0.3 is 9.13 Å². The van der Waals surface area contributed by atoms with Gasteiger partial charge in [0.25, 0.3) is 0 Å². The van der Waals surface area contributed by atoms with Crippen molar-refractivity contribution in [2.75, 3.05) is 0 Å². The maximum Gasteiger partial charge on any atom is 0.160 e. The number of hydrogen-bond donors (Lipinski definition) is 0. The number of nitrogens with zero attached hydrogens (tertiary/aromatic N) is 4. The Morgan fingerprint density at radius 2 is 1.10 bits per heavy atom. The maximum absolute atomic E-state index is 5.35. The van der Waals surface area contributed by atoms with Crippen LogP contribution in [0.5, 0.6) is 0 Å². The van der Waals surface area contributed by atoms with Crippen LogP contribution in [0.4, 0.5) is 0 Å². The highest BCUT2D eigenvalue weighted by molar-refractivity contribution is 6.18. The lowest BCUT2D eigenvalue weighted by Gasteiger charge is -2.15. The molecule has 4 nitrogen and oxygen atoms in total. The van der Waals surface area contributed by atoms with Crippen LogP contribution in [0.3, 0.4) is 0 Å². The van der Waals surface area contributed by atoms with Crippen LogP contribution < -0.4 is 0 Å². The summed E-state index contributed by atoms with van der Waals surface area (Å²) in [4.78, 5) is 10.5. The van der Waals surface area contributed by atoms with Crippen LogP contribution >= 0.6 is 0 Å². The molecule has 0 atom stereocenters. The smallest absolute Gasteiger partial charge is 0.160 e. The molecule has 0 amide bonds. The summed E-state index contributed by atoms with van der Waals surface area (Å²) in [5, 5.41) is 4.66. The van der Waals surface area contributed by atoms with E-state index in [1.165, 1.54) is 27.2 Å². The van der Waals surface area contributed by atoms with Gasteiger partial charge in [-0.05, 0) is 53.6 Å². The van der Waals surface area contributed by atoms with Crippen molar-refractivity contribution < 1.29 is 0 Å². The van der Waals surface area contributed by atoms with Crippen molar-refractivity contribution in [2.24, 2.45) is 0 Å². The van der Waals surface area contributed by atoms with Crippen LogP contribution in [0.25, 0.3) is 88.8 Å². The van der Waals surface area contributed by atoms with Crippen LogP contribution in [-0.4, -0.2) is 19.1 Å². The molecule has 0 spiro atoms. The van der Waals surface area contributed by atoms with E-state index in [1.807, 2.05) is 6.07 Å². The molecule has 4 heteroatoms. The molecule has 3 aromatic heterocycles. The zero-order valence-corrected chi connectivity index (χ0v) is 27.1. The molecule has 0 aliphatic carbocycles. The molecule has 0 fully saturated rings. The lowest BCUT2D eigenvalue weighted by Crippen LogP contribution is -1.99. The van der Waals surface area contributed by atoms with Gasteiger partial charge in [-0.3, -0.25) is 0 Å². The third-order valence-electron chi connectivity index (χ3n) is 9.75. The minimum Gasteiger partial charge on any atom is -0.315 e. The second kappa shape index (κ2) is 11.4. The van der Waals surface area contributed by atoms with E-state index in [1.54, 1.807) is 0 Å². The third kappa shape index (κ3) is 4.46. The van der Waals surface area contributed by atoms with Crippen LogP contribution in [0.1, 0.15) is 0 Å². The minimum absolute atomic E-state index is 0.696. The van der Waals surface area contributed by atoms with Gasteiger partial charge in [-0.1, -0.05) is 133 Å². The molecule has 0 unspecified atom stereocenters. The summed E-state index contributed by atoms with van der Waals surface area (Å²) >= 11 is 0. The second-order valence-electron chi connectivity index (χ2n) is 12.6. The number of rotatable bonds is 5. The normalized spacial score (nSPS) is 11.6. The van der Waals surface area contributed by atoms with Crippen LogP contribution in [0, 0.1) is 0 Å². The molecule has 0 bridgehead atoms. The van der Waals surface area contributed by atoms with Crippen molar-refractivity contribution in [1.82, 2.24) is 19.1 Å². The first kappa shape index (κ1) is 28.3. The van der Waals surface area contributed by atoms with Gasteiger partial charge in [0.15, 0.2) is 5.82 Å². The van der Waals surface area contributed by atoms with Crippen molar-refractivity contribution >= 4 is 43.6 Å². The SMILES string of the molecule is c1ccc(-c2ccccc2-c2nc(-c3cccc(-n4c5ccccc5c5ccc6ccn(-c7ccccc7)c6c54)c3)nc3ccccc23)cc1. The fourth-order valence-electron chi connectivity index (χ4n) is 7.50. The quantitative estimate of drug-likeness (QED) is 0.188. The Morgan fingerprint density at radius 1 is 0.420 bits per heavy atom. The van der Waals surface area contributed by atoms with E-state index in [4.69, 9.17) is 9.97 Å². The molecule has 3 heterocycles. The average molecular weight is 639 g/mol. The molecule has 10 aromatic rings. The zero-order chi connectivity index (χ0) is 33.0. The molecule has 50 heavy (non-hydrogen) atoms. The molecule has 0 saturated heterocycles. The number of fused-ring (bicyclic) bond motifs is 6. The summed E-state index contributed by atoms with van der Waals surface area (Å²) in [6.07, 6.45) is 2.18. The van der Waals surface area contributed by atoms with Crippen molar-refractivity contribution in [3.05, 3.63) is 182 Å². The fourth-order valence-corrected chi connectivity index (χ4v) is 7.50. The molecule has 0 N–H and O–H groups in total. The van der Waals surface area contributed by atoms with Gasteiger partial charge in [-0.15, -0.1) is 0 Å². The molecular weight excluding hydrogens is 609 g/mol. The van der Waals surface area contributed by atoms with Gasteiger partial charge in [-0.25, -0.2) is 9.97 Å². The van der Waals surface area contributed by atoms with Crippen molar-refractivity contribution in [3.8, 4) is 45.1 Å². The summed E-state index contributed by atoms with van der Waals surface area (Å²) < 4.78 is 4.71. The predicted octanol–water partition coefficient (Wildman–Crippen LogP) is 11.7. The standard InChI is InChI=1S/C46H30N4/c1-3-14-31(15-4-1)36-20-7-8-22-38(36)43-40-23-9-11-24-41(40)47-46(48-43)33-16-13-19-35(30-33)50-42-25-12-10-21-37(42)39-27-26-32-28-29-49(44(32)45(39)50)34-17-5-2-6-18-34/h1-30H. The van der Waals surface area contributed by atoms with Crippen LogP contribution in [-0.2, 0) is 0 Å². The molecule has 0 radical (unpaired) electrons. The highest BCUT2D eigenvalue weighted by atomic mass is 15.0. The highest BCUT2D eigenvalue weighted by Crippen LogP contribution is 2.39. The number of benzene rings is 7. The summed E-state index contributed by atoms with van der Waals surface area (Å²) in [6, 6.07) is 62.0. The second-order valence-corrected chi connectivity index (χ2v) is 12.6. The first-order valence-corrected chi connectivity index (χ1v) is 16.9. The monoisotopic (exact) mass is 638 g/mol. The number of hydrogen-bond acceptors (Lipinski definition) is 2. The van der Waals surface area contributed by atoms with Gasteiger partial charge in [0.1, 0.15) is 0 Å². The van der Waals surface area contributed by atoms with Gasteiger partial charge in [0.05, 0.1) is 27.8 Å². The van der Waals surface area contributed by atoms with Crippen LogP contribution in [0.2, 0.25) is 0 Å². The van der Waals surface area contributed by atoms with E-state index in [0.29, 0.717) is 5.82 Å². The molecule has 0 saturated carbocycles. The molecule has 10 rings (SSSR count). The van der Waals surface area contributed by atoms with E-state index in [2.05, 4.69) is 185 Å². The Labute approximate surface area is 289 Å². The Hall–Kier alpha value is -6.78. The Balaban J connectivity index is 1.22. The highest BCUT2D eigenvalue weighted by Gasteiger charge is 2.19. The topological polar surface area (TPSA) is 35.6 Å². The van der Waals surface area contributed by atoms with Crippen molar-refractivity contribution in [1.29, 1.82) is 0 Å². The molecule has 234 valence electrons. The Bertz CT molecular complexity index is 2860. The van der Waals surface area contributed by atoms with E-state index in [9.17, 15) is 0 Å². The number of para-hydroxylation sites is 3. The summed E-state index contributed by atoms with van der Waals surface area (Å²) in [6.45, 7) is 0. The minimum atomic E-state index is 0.696. The third-order valence-corrected chi connectivity index (χ3v) is 9.75. The molecule has 0 aliphatic heterocycles. The first-order valence-electron chi connectivity index (χ1n) is 16.9. The maximum atomic E-state index is 5.35. The van der Waals surface area contributed by atoms with E-state index in [-0.39, 0.29) is 0 Å². The lowest BCUT2D eigenvalue weighted by molar-refractivity contribution is 1.11. The van der Waals surface area contributed by atoms with Crippen molar-refractivity contribution in [3.63, 3.8) is 0 Å². The predicted molar refractivity (Wildman–Crippen MR) is 207 cm³/mol. The zero-order valence-electron chi connectivity index (χ0n) is 27.1. The molecule has 0 aliphatic rings. The van der Waals surface area contributed by atoms with Gasteiger partial charge in [0.2, 0.25) is 0 Å². The van der Waals surface area contributed by atoms with Gasteiger partial charge >= 0.3 is 0 Å².